The number of hydrogen-bond acceptors (Lipinski definition) is 6. The van der Waals surface area contributed by atoms with Gasteiger partial charge in [0.25, 0.3) is 0 Å². The number of fused-ring (bicyclic) bond motifs is 3. The average Bonchev–Trinajstić information content (AvgIpc) is 3.12. The van der Waals surface area contributed by atoms with Gasteiger partial charge in [0.2, 0.25) is 11.8 Å². The molecule has 0 atom stereocenters. The fourth-order valence-corrected chi connectivity index (χ4v) is 3.61. The number of anilines is 1. The Kier molecular flexibility index (Phi) is 7.99. The van der Waals surface area contributed by atoms with Gasteiger partial charge in [0.1, 0.15) is 17.9 Å². The first-order valence-corrected chi connectivity index (χ1v) is 11.4. The Morgan fingerprint density at radius 1 is 1.15 bits per heavy atom. The quantitative estimate of drug-likeness (QED) is 0.409. The van der Waals surface area contributed by atoms with E-state index in [1.54, 1.807) is 13.8 Å². The van der Waals surface area contributed by atoms with Crippen molar-refractivity contribution in [2.75, 3.05) is 18.5 Å². The summed E-state index contributed by atoms with van der Waals surface area (Å²) in [6, 6.07) is 7.59. The molecule has 9 nitrogen and oxygen atoms in total. The number of ether oxygens (including phenoxy) is 1. The molecule has 0 saturated carbocycles. The van der Waals surface area contributed by atoms with Crippen LogP contribution in [0, 0.1) is 0 Å². The van der Waals surface area contributed by atoms with Crippen molar-refractivity contribution in [1.82, 2.24) is 19.9 Å². The molecule has 0 aliphatic carbocycles. The van der Waals surface area contributed by atoms with Crippen molar-refractivity contribution >= 4 is 39.6 Å². The molecule has 3 N–H and O–H groups in total. The highest BCUT2D eigenvalue weighted by Gasteiger charge is 2.23. The van der Waals surface area contributed by atoms with Gasteiger partial charge < -0.3 is 25.0 Å². The van der Waals surface area contributed by atoms with Crippen LogP contribution in [0.4, 0.5) is 5.82 Å². The van der Waals surface area contributed by atoms with E-state index in [-0.39, 0.29) is 25.0 Å². The average molecular weight is 456 g/mol. The Bertz CT molecular complexity index is 1130. The summed E-state index contributed by atoms with van der Waals surface area (Å²) in [6.45, 7) is 8.30. The summed E-state index contributed by atoms with van der Waals surface area (Å²) in [6.07, 6.45) is 2.09. The lowest BCUT2D eigenvalue weighted by Gasteiger charge is -2.20. The third-order valence-electron chi connectivity index (χ3n) is 5.10. The minimum absolute atomic E-state index is 0.144. The van der Waals surface area contributed by atoms with Crippen LogP contribution in [0.15, 0.2) is 24.3 Å². The Morgan fingerprint density at radius 2 is 1.91 bits per heavy atom. The van der Waals surface area contributed by atoms with Crippen LogP contribution in [0.1, 0.15) is 52.8 Å². The number of pyridine rings is 1. The third kappa shape index (κ3) is 6.27. The summed E-state index contributed by atoms with van der Waals surface area (Å²) in [4.78, 5) is 33.8. The second-order valence-electron chi connectivity index (χ2n) is 8.67. The Labute approximate surface area is 193 Å². The summed E-state index contributed by atoms with van der Waals surface area (Å²) in [5.74, 6) is 0.406. The minimum Gasteiger partial charge on any atom is -0.389 e. The molecule has 33 heavy (non-hydrogen) atoms. The topological polar surface area (TPSA) is 118 Å². The Balaban J connectivity index is 2.02. The molecule has 178 valence electrons. The van der Waals surface area contributed by atoms with Gasteiger partial charge in [-0.25, -0.2) is 9.97 Å². The summed E-state index contributed by atoms with van der Waals surface area (Å²) in [5.41, 5.74) is 0.968. The number of imidazole rings is 1. The van der Waals surface area contributed by atoms with Crippen molar-refractivity contribution in [2.45, 2.75) is 65.7 Å². The molecule has 0 radical (unpaired) electrons. The smallest absolute Gasteiger partial charge is 0.244 e. The minimum atomic E-state index is -0.995. The molecule has 1 aromatic carbocycles. The van der Waals surface area contributed by atoms with Crippen molar-refractivity contribution in [1.29, 1.82) is 0 Å². The molecule has 3 rings (SSSR count). The molecule has 9 heteroatoms. The number of amides is 2. The van der Waals surface area contributed by atoms with Crippen LogP contribution in [0.3, 0.4) is 0 Å². The van der Waals surface area contributed by atoms with Gasteiger partial charge in [0.15, 0.2) is 5.82 Å². The molecule has 0 unspecified atom stereocenters. The van der Waals surface area contributed by atoms with Gasteiger partial charge in [-0.15, -0.1) is 0 Å². The van der Waals surface area contributed by atoms with E-state index >= 15 is 0 Å². The Morgan fingerprint density at radius 3 is 2.61 bits per heavy atom. The van der Waals surface area contributed by atoms with Gasteiger partial charge in [0, 0.05) is 18.4 Å². The third-order valence-corrected chi connectivity index (χ3v) is 5.10. The summed E-state index contributed by atoms with van der Waals surface area (Å²) in [5, 5.41) is 16.9. The monoisotopic (exact) mass is 455 g/mol. The summed E-state index contributed by atoms with van der Waals surface area (Å²) >= 11 is 0. The number of aromatic nitrogens is 3. The van der Waals surface area contributed by atoms with Crippen molar-refractivity contribution in [3.05, 3.63) is 30.1 Å². The van der Waals surface area contributed by atoms with Crippen LogP contribution >= 0.6 is 0 Å². The number of carbonyl (C=O) groups is 2. The van der Waals surface area contributed by atoms with Gasteiger partial charge in [-0.3, -0.25) is 9.59 Å². The molecule has 0 saturated heterocycles. The van der Waals surface area contributed by atoms with Crippen LogP contribution < -0.4 is 10.6 Å². The molecule has 0 aliphatic heterocycles. The van der Waals surface area contributed by atoms with Gasteiger partial charge in [-0.2, -0.15) is 0 Å². The molecule has 2 heterocycles. The van der Waals surface area contributed by atoms with E-state index in [1.165, 1.54) is 0 Å². The second kappa shape index (κ2) is 10.7. The van der Waals surface area contributed by atoms with Crippen LogP contribution in [0.2, 0.25) is 0 Å². The zero-order chi connectivity index (χ0) is 24.0. The fourth-order valence-electron chi connectivity index (χ4n) is 3.61. The van der Waals surface area contributed by atoms with Gasteiger partial charge >= 0.3 is 0 Å². The first-order chi connectivity index (χ1) is 15.7. The van der Waals surface area contributed by atoms with Crippen LogP contribution in [-0.4, -0.2) is 50.2 Å². The highest BCUT2D eigenvalue weighted by molar-refractivity contribution is 6.10. The van der Waals surface area contributed by atoms with Gasteiger partial charge in [-0.1, -0.05) is 31.5 Å². The highest BCUT2D eigenvalue weighted by atomic mass is 16.5. The molecule has 0 aliphatic rings. The zero-order valence-corrected chi connectivity index (χ0v) is 19.8. The SMILES string of the molecule is CCCCC(=O)NCC(=O)Nc1nc2ccccc2c2c1nc(COCC)n2CC(C)(C)O. The maximum Gasteiger partial charge on any atom is 0.244 e. The van der Waals surface area contributed by atoms with Crippen molar-refractivity contribution in [3.63, 3.8) is 0 Å². The predicted molar refractivity (Wildman–Crippen MR) is 128 cm³/mol. The number of rotatable bonds is 11. The summed E-state index contributed by atoms with van der Waals surface area (Å²) in [7, 11) is 0. The van der Waals surface area contributed by atoms with Crippen molar-refractivity contribution in [2.24, 2.45) is 0 Å². The molecule has 2 amide bonds. The number of benzene rings is 1. The number of unbranched alkanes of at least 4 members (excludes halogenated alkanes) is 1. The van der Waals surface area contributed by atoms with E-state index in [1.807, 2.05) is 42.7 Å². The van der Waals surface area contributed by atoms with Crippen LogP contribution in [-0.2, 0) is 27.5 Å². The van der Waals surface area contributed by atoms with E-state index in [0.717, 1.165) is 23.7 Å². The number of aliphatic hydroxyl groups is 1. The van der Waals surface area contributed by atoms with E-state index in [2.05, 4.69) is 15.6 Å². The second-order valence-corrected chi connectivity index (χ2v) is 8.67. The largest absolute Gasteiger partial charge is 0.389 e. The van der Waals surface area contributed by atoms with Gasteiger partial charge in [0.05, 0.1) is 29.7 Å². The van der Waals surface area contributed by atoms with Crippen LogP contribution in [0.5, 0.6) is 0 Å². The molecular formula is C24H33N5O4. The molecule has 2 aromatic heterocycles. The Hall–Kier alpha value is -3.04. The normalized spacial score (nSPS) is 11.8. The van der Waals surface area contributed by atoms with E-state index < -0.39 is 5.60 Å². The first-order valence-electron chi connectivity index (χ1n) is 11.4. The molecule has 0 bridgehead atoms. The van der Waals surface area contributed by atoms with E-state index in [0.29, 0.717) is 42.2 Å². The maximum absolute atomic E-state index is 12.6. The van der Waals surface area contributed by atoms with Gasteiger partial charge in [-0.05, 0) is 33.3 Å². The standard InChI is InChI=1S/C24H33N5O4/c1-5-7-12-19(30)25-13-20(31)28-23-21-22(16-10-8-9-11-17(16)26-23)29(15-24(3,4)32)18(27-21)14-33-6-2/h8-11,32H,5-7,12-15H2,1-4H3,(H,25,30)(H,26,28,31). The molecular weight excluding hydrogens is 422 g/mol. The number of hydrogen-bond donors (Lipinski definition) is 3. The van der Waals surface area contributed by atoms with Crippen molar-refractivity contribution < 1.29 is 19.4 Å². The number of carbonyl (C=O) groups excluding carboxylic acids is 2. The maximum atomic E-state index is 12.6. The number of para-hydroxylation sites is 1. The molecule has 0 spiro atoms. The molecule has 0 fully saturated rings. The predicted octanol–water partition coefficient (Wildman–Crippen LogP) is 3.14. The zero-order valence-electron chi connectivity index (χ0n) is 19.8. The molecule has 3 aromatic rings. The fraction of sp³-hybridized carbons (Fsp3) is 0.500. The van der Waals surface area contributed by atoms with E-state index in [4.69, 9.17) is 9.72 Å². The lowest BCUT2D eigenvalue weighted by Crippen LogP contribution is -2.32. The number of nitrogens with one attached hydrogen (secondary N) is 2. The van der Waals surface area contributed by atoms with Crippen molar-refractivity contribution in [3.8, 4) is 0 Å². The van der Waals surface area contributed by atoms with E-state index in [9.17, 15) is 14.7 Å². The first kappa shape index (κ1) is 24.6. The lowest BCUT2D eigenvalue weighted by molar-refractivity contribution is -0.124. The lowest BCUT2D eigenvalue weighted by atomic mass is 10.1. The highest BCUT2D eigenvalue weighted by Crippen LogP contribution is 2.31. The number of nitrogens with zero attached hydrogens (tertiary/aromatic N) is 3. The summed E-state index contributed by atoms with van der Waals surface area (Å²) < 4.78 is 7.54. The van der Waals surface area contributed by atoms with Crippen LogP contribution in [0.25, 0.3) is 21.9 Å².